The first-order chi connectivity index (χ1) is 20.7. The van der Waals surface area contributed by atoms with Crippen molar-refractivity contribution in [3.05, 3.63) is 98.8 Å². The van der Waals surface area contributed by atoms with E-state index >= 15 is 0 Å². The molecule has 4 aromatic rings. The fraction of sp³-hybridized carbons (Fsp3) is 0.303. The molecule has 222 valence electrons. The molecule has 43 heavy (non-hydrogen) atoms. The molecule has 1 unspecified atom stereocenters. The van der Waals surface area contributed by atoms with Gasteiger partial charge in [0.15, 0.2) is 5.69 Å². The first-order valence-electron chi connectivity index (χ1n) is 14.2. The largest absolute Gasteiger partial charge is 0.496 e. The summed E-state index contributed by atoms with van der Waals surface area (Å²) in [6.45, 7) is 8.15. The Morgan fingerprint density at radius 3 is 2.37 bits per heavy atom. The number of aryl methyl sites for hydroxylation is 1. The third-order valence-corrected chi connectivity index (χ3v) is 8.49. The van der Waals surface area contributed by atoms with Gasteiger partial charge in [-0.15, -0.1) is 0 Å². The smallest absolute Gasteiger partial charge is 0.279 e. The lowest BCUT2D eigenvalue weighted by atomic mass is 10.0. The molecule has 1 atom stereocenters. The van der Waals surface area contributed by atoms with E-state index in [4.69, 9.17) is 37.7 Å². The zero-order valence-corrected chi connectivity index (χ0v) is 25.9. The average molecular weight is 620 g/mol. The number of aromatic nitrogens is 2. The van der Waals surface area contributed by atoms with Gasteiger partial charge in [-0.2, -0.15) is 0 Å². The molecule has 3 aromatic carbocycles. The number of carbonyl (C=O) groups is 2. The molecule has 2 amide bonds. The predicted octanol–water partition coefficient (Wildman–Crippen LogP) is 6.98. The van der Waals surface area contributed by atoms with Crippen LogP contribution in [0.4, 0.5) is 5.69 Å². The molecule has 1 fully saturated rings. The van der Waals surface area contributed by atoms with Crippen LogP contribution in [0.3, 0.4) is 0 Å². The molecular weight excluding hydrogens is 587 g/mol. The number of ether oxygens (including phenoxy) is 2. The number of benzene rings is 3. The lowest BCUT2D eigenvalue weighted by Gasteiger charge is -2.30. The van der Waals surface area contributed by atoms with Gasteiger partial charge in [0.2, 0.25) is 0 Å². The Labute approximate surface area is 260 Å². The second-order valence-electron chi connectivity index (χ2n) is 11.0. The number of amides is 2. The summed E-state index contributed by atoms with van der Waals surface area (Å²) in [7, 11) is 1.59. The van der Waals surface area contributed by atoms with E-state index in [-0.39, 0.29) is 17.9 Å². The molecule has 3 heterocycles. The second-order valence-corrected chi connectivity index (χ2v) is 11.9. The van der Waals surface area contributed by atoms with Crippen LogP contribution in [0, 0.1) is 6.92 Å². The summed E-state index contributed by atoms with van der Waals surface area (Å²) in [4.78, 5) is 36.3. The monoisotopic (exact) mass is 618 g/mol. The molecule has 8 nitrogen and oxygen atoms in total. The minimum atomic E-state index is -0.496. The maximum Gasteiger partial charge on any atom is 0.279 e. The number of nitrogens with zero attached hydrogens (tertiary/aromatic N) is 4. The molecule has 1 aromatic heterocycles. The molecule has 0 radical (unpaired) electrons. The second kappa shape index (κ2) is 11.7. The molecule has 10 heteroatoms. The molecule has 0 spiro atoms. The van der Waals surface area contributed by atoms with Crippen molar-refractivity contribution in [1.29, 1.82) is 0 Å². The summed E-state index contributed by atoms with van der Waals surface area (Å²) in [5.41, 5.74) is 4.76. The zero-order chi connectivity index (χ0) is 30.4. The third kappa shape index (κ3) is 5.18. The number of rotatable bonds is 6. The van der Waals surface area contributed by atoms with E-state index in [9.17, 15) is 9.59 Å². The standard InChI is InChI=1S/C33H32Cl2N4O4/c1-19(2)38-30-28(36-31(38)25-17-22(8-12-27(25)42-4)32(40)37-13-15-43-16-14-37)33(41)39(26-18-24(35)9-5-20(26)3)29(30)21-6-10-23(34)11-7-21/h5-12,17-19,29H,13-16H2,1-4H3. The Kier molecular flexibility index (Phi) is 7.94. The summed E-state index contributed by atoms with van der Waals surface area (Å²) >= 11 is 12.7. The van der Waals surface area contributed by atoms with Crippen LogP contribution in [0.15, 0.2) is 60.7 Å². The van der Waals surface area contributed by atoms with Crippen LogP contribution in [-0.2, 0) is 4.74 Å². The fourth-order valence-corrected chi connectivity index (χ4v) is 6.23. The topological polar surface area (TPSA) is 76.9 Å². The number of hydrogen-bond acceptors (Lipinski definition) is 5. The normalized spacial score (nSPS) is 16.6. The average Bonchev–Trinajstić information content (AvgIpc) is 3.53. The van der Waals surface area contributed by atoms with E-state index in [1.165, 1.54) is 0 Å². The van der Waals surface area contributed by atoms with Gasteiger partial charge in [-0.05, 0) is 74.4 Å². The van der Waals surface area contributed by atoms with Gasteiger partial charge in [-0.1, -0.05) is 41.4 Å². The van der Waals surface area contributed by atoms with E-state index in [0.717, 1.165) is 16.8 Å². The molecule has 2 aliphatic heterocycles. The van der Waals surface area contributed by atoms with Crippen LogP contribution in [0.1, 0.15) is 63.6 Å². The van der Waals surface area contributed by atoms with E-state index < -0.39 is 6.04 Å². The van der Waals surface area contributed by atoms with Crippen molar-refractivity contribution in [2.75, 3.05) is 38.3 Å². The first kappa shape index (κ1) is 29.2. The molecule has 0 aliphatic carbocycles. The quantitative estimate of drug-likeness (QED) is 0.233. The highest BCUT2D eigenvalue weighted by atomic mass is 35.5. The van der Waals surface area contributed by atoms with E-state index in [2.05, 4.69) is 18.4 Å². The van der Waals surface area contributed by atoms with Crippen LogP contribution in [-0.4, -0.2) is 59.7 Å². The van der Waals surface area contributed by atoms with E-state index in [1.807, 2.05) is 55.5 Å². The SMILES string of the molecule is COc1ccc(C(=O)N2CCOCC2)cc1-c1nc2c(n1C(C)C)C(c1ccc(Cl)cc1)N(c1cc(Cl)ccc1C)C2=O. The maximum absolute atomic E-state index is 14.3. The summed E-state index contributed by atoms with van der Waals surface area (Å²) in [6, 6.07) is 17.8. The van der Waals surface area contributed by atoms with Gasteiger partial charge in [-0.25, -0.2) is 4.98 Å². The third-order valence-electron chi connectivity index (χ3n) is 8.01. The summed E-state index contributed by atoms with van der Waals surface area (Å²) in [5, 5.41) is 1.13. The van der Waals surface area contributed by atoms with Crippen molar-refractivity contribution in [2.24, 2.45) is 0 Å². The first-order valence-corrected chi connectivity index (χ1v) is 15.0. The highest BCUT2D eigenvalue weighted by Gasteiger charge is 2.45. The lowest BCUT2D eigenvalue weighted by Crippen LogP contribution is -2.40. The van der Waals surface area contributed by atoms with Crippen LogP contribution >= 0.6 is 23.2 Å². The van der Waals surface area contributed by atoms with Crippen molar-refractivity contribution >= 4 is 40.7 Å². The van der Waals surface area contributed by atoms with Gasteiger partial charge in [0.25, 0.3) is 11.8 Å². The molecule has 0 saturated carbocycles. The molecular formula is C33H32Cl2N4O4. The van der Waals surface area contributed by atoms with Crippen LogP contribution in [0.25, 0.3) is 11.4 Å². The zero-order valence-electron chi connectivity index (χ0n) is 24.4. The number of halogens is 2. The lowest BCUT2D eigenvalue weighted by molar-refractivity contribution is 0.0303. The van der Waals surface area contributed by atoms with Gasteiger partial charge >= 0.3 is 0 Å². The van der Waals surface area contributed by atoms with Crippen molar-refractivity contribution in [1.82, 2.24) is 14.5 Å². The highest BCUT2D eigenvalue weighted by molar-refractivity contribution is 6.31. The Morgan fingerprint density at radius 1 is 1.00 bits per heavy atom. The Hall–Kier alpha value is -3.85. The predicted molar refractivity (Wildman–Crippen MR) is 168 cm³/mol. The number of anilines is 1. The van der Waals surface area contributed by atoms with Crippen molar-refractivity contribution in [3.63, 3.8) is 0 Å². The van der Waals surface area contributed by atoms with Gasteiger partial charge in [0, 0.05) is 40.4 Å². The fourth-order valence-electron chi connectivity index (χ4n) is 5.94. The summed E-state index contributed by atoms with van der Waals surface area (Å²) < 4.78 is 13.3. The maximum atomic E-state index is 14.3. The number of fused-ring (bicyclic) bond motifs is 1. The van der Waals surface area contributed by atoms with Crippen LogP contribution < -0.4 is 9.64 Å². The Morgan fingerprint density at radius 2 is 1.70 bits per heavy atom. The summed E-state index contributed by atoms with van der Waals surface area (Å²) in [6.07, 6.45) is 0. The van der Waals surface area contributed by atoms with E-state index in [1.54, 1.807) is 29.0 Å². The Bertz CT molecular complexity index is 1710. The van der Waals surface area contributed by atoms with Crippen LogP contribution in [0.5, 0.6) is 5.75 Å². The number of imidazole rings is 1. The van der Waals surface area contributed by atoms with Gasteiger partial charge in [0.1, 0.15) is 17.6 Å². The molecule has 1 saturated heterocycles. The molecule has 6 rings (SSSR count). The van der Waals surface area contributed by atoms with Crippen molar-refractivity contribution < 1.29 is 19.1 Å². The minimum absolute atomic E-state index is 0.0832. The van der Waals surface area contributed by atoms with Crippen molar-refractivity contribution in [2.45, 2.75) is 32.9 Å². The Balaban J connectivity index is 1.55. The number of methoxy groups -OCH3 is 1. The van der Waals surface area contributed by atoms with E-state index in [0.29, 0.717) is 70.4 Å². The summed E-state index contributed by atoms with van der Waals surface area (Å²) in [5.74, 6) is 0.797. The number of hydrogen-bond donors (Lipinski definition) is 0. The van der Waals surface area contributed by atoms with Gasteiger partial charge in [-0.3, -0.25) is 14.5 Å². The van der Waals surface area contributed by atoms with Gasteiger partial charge in [0.05, 0.1) is 31.6 Å². The molecule has 0 N–H and O–H groups in total. The molecule has 2 aliphatic rings. The van der Waals surface area contributed by atoms with Crippen LogP contribution in [0.2, 0.25) is 10.0 Å². The highest BCUT2D eigenvalue weighted by Crippen LogP contribution is 2.47. The molecule has 0 bridgehead atoms. The number of carbonyl (C=O) groups excluding carboxylic acids is 2. The number of morpholine rings is 1. The minimum Gasteiger partial charge on any atom is -0.496 e. The van der Waals surface area contributed by atoms with Gasteiger partial charge < -0.3 is 18.9 Å². The van der Waals surface area contributed by atoms with Crippen molar-refractivity contribution in [3.8, 4) is 17.1 Å².